The molecule has 1 fully saturated rings. The predicted octanol–water partition coefficient (Wildman–Crippen LogP) is 4.51. The van der Waals surface area contributed by atoms with E-state index in [0.717, 1.165) is 56.7 Å². The summed E-state index contributed by atoms with van der Waals surface area (Å²) in [5.41, 5.74) is 0.179. The lowest BCUT2D eigenvalue weighted by Gasteiger charge is -2.18. The molecule has 0 spiro atoms. The topological polar surface area (TPSA) is 17.1 Å². The van der Waals surface area contributed by atoms with Gasteiger partial charge in [-0.1, -0.05) is 32.1 Å². The number of benzene rings is 1. The summed E-state index contributed by atoms with van der Waals surface area (Å²) >= 11 is 0. The third kappa shape index (κ3) is 3.37. The van der Waals surface area contributed by atoms with Gasteiger partial charge in [0.1, 0.15) is 11.6 Å². The van der Waals surface area contributed by atoms with Crippen molar-refractivity contribution in [1.82, 2.24) is 0 Å². The molecule has 1 aliphatic carbocycles. The fourth-order valence-corrected chi connectivity index (χ4v) is 2.65. The Morgan fingerprint density at radius 1 is 0.889 bits per heavy atom. The minimum absolute atomic E-state index is 0.0634. The van der Waals surface area contributed by atoms with Crippen molar-refractivity contribution >= 4 is 5.78 Å². The molecule has 0 aliphatic heterocycles. The molecule has 0 unspecified atom stereocenters. The van der Waals surface area contributed by atoms with Crippen LogP contribution in [0.25, 0.3) is 0 Å². The maximum Gasteiger partial charge on any atom is 0.166 e. The summed E-state index contributed by atoms with van der Waals surface area (Å²) in [7, 11) is 0. The summed E-state index contributed by atoms with van der Waals surface area (Å²) in [6, 6.07) is 3.09. The normalized spacial score (nSPS) is 18.1. The molecule has 18 heavy (non-hydrogen) atoms. The summed E-state index contributed by atoms with van der Waals surface area (Å²) in [4.78, 5) is 12.2. The van der Waals surface area contributed by atoms with Gasteiger partial charge in [-0.25, -0.2) is 8.78 Å². The molecule has 1 aliphatic rings. The minimum Gasteiger partial charge on any atom is -0.294 e. The second-order valence-corrected chi connectivity index (χ2v) is 5.06. The average molecular weight is 252 g/mol. The van der Waals surface area contributed by atoms with Gasteiger partial charge in [0.25, 0.3) is 0 Å². The van der Waals surface area contributed by atoms with E-state index in [-0.39, 0.29) is 17.3 Å². The number of Topliss-reactive ketones (excluding diaryl/α,β-unsaturated/α-hetero) is 1. The summed E-state index contributed by atoms with van der Waals surface area (Å²) in [5.74, 6) is -1.52. The zero-order valence-electron chi connectivity index (χ0n) is 10.4. The van der Waals surface area contributed by atoms with Gasteiger partial charge in [0, 0.05) is 17.5 Å². The Labute approximate surface area is 106 Å². The second kappa shape index (κ2) is 6.07. The van der Waals surface area contributed by atoms with Crippen molar-refractivity contribution in [3.8, 4) is 0 Å². The van der Waals surface area contributed by atoms with Crippen molar-refractivity contribution in [2.75, 3.05) is 0 Å². The number of hydrogen-bond acceptors (Lipinski definition) is 1. The maximum absolute atomic E-state index is 13.1. The molecule has 3 heteroatoms. The quantitative estimate of drug-likeness (QED) is 0.708. The van der Waals surface area contributed by atoms with E-state index in [0.29, 0.717) is 0 Å². The molecule has 0 saturated heterocycles. The lowest BCUT2D eigenvalue weighted by atomic mass is 9.85. The van der Waals surface area contributed by atoms with E-state index in [4.69, 9.17) is 0 Å². The molecular formula is C15H18F2O. The zero-order chi connectivity index (χ0) is 13.0. The van der Waals surface area contributed by atoms with Gasteiger partial charge in [0.2, 0.25) is 0 Å². The molecule has 1 nitrogen and oxygen atoms in total. The van der Waals surface area contributed by atoms with Crippen LogP contribution >= 0.6 is 0 Å². The monoisotopic (exact) mass is 252 g/mol. The van der Waals surface area contributed by atoms with Crippen molar-refractivity contribution in [1.29, 1.82) is 0 Å². The number of carbonyl (C=O) groups excluding carboxylic acids is 1. The van der Waals surface area contributed by atoms with Gasteiger partial charge >= 0.3 is 0 Å². The van der Waals surface area contributed by atoms with E-state index >= 15 is 0 Å². The highest BCUT2D eigenvalue weighted by molar-refractivity contribution is 5.97. The molecule has 0 bridgehead atoms. The summed E-state index contributed by atoms with van der Waals surface area (Å²) in [6.07, 6.45) is 7.30. The minimum atomic E-state index is -0.677. The molecule has 0 radical (unpaired) electrons. The van der Waals surface area contributed by atoms with Gasteiger partial charge in [-0.05, 0) is 25.0 Å². The number of halogens is 2. The lowest BCUT2D eigenvalue weighted by Crippen LogP contribution is -2.16. The van der Waals surface area contributed by atoms with Crippen LogP contribution in [0.15, 0.2) is 18.2 Å². The van der Waals surface area contributed by atoms with Gasteiger partial charge in [0.15, 0.2) is 5.78 Å². The summed E-state index contributed by atoms with van der Waals surface area (Å²) in [5, 5.41) is 0. The van der Waals surface area contributed by atoms with Crippen molar-refractivity contribution in [2.45, 2.75) is 44.9 Å². The Balaban J connectivity index is 2.13. The van der Waals surface area contributed by atoms with E-state index in [1.807, 2.05) is 0 Å². The first kappa shape index (κ1) is 13.2. The molecule has 98 valence electrons. The van der Waals surface area contributed by atoms with Crippen LogP contribution < -0.4 is 0 Å². The molecular weight excluding hydrogens is 234 g/mol. The van der Waals surface area contributed by atoms with Crippen LogP contribution in [0.3, 0.4) is 0 Å². The molecule has 1 aromatic carbocycles. The molecule has 0 atom stereocenters. The Bertz CT molecular complexity index is 400. The first-order valence-corrected chi connectivity index (χ1v) is 6.67. The zero-order valence-corrected chi connectivity index (χ0v) is 10.4. The lowest BCUT2D eigenvalue weighted by molar-refractivity contribution is 0.0897. The highest BCUT2D eigenvalue weighted by atomic mass is 19.1. The number of carbonyl (C=O) groups is 1. The predicted molar refractivity (Wildman–Crippen MR) is 66.5 cm³/mol. The van der Waals surface area contributed by atoms with Gasteiger partial charge in [0.05, 0.1) is 0 Å². The number of rotatable bonds is 2. The van der Waals surface area contributed by atoms with Crippen LogP contribution in [0.1, 0.15) is 55.3 Å². The van der Waals surface area contributed by atoms with Crippen LogP contribution in [-0.2, 0) is 0 Å². The van der Waals surface area contributed by atoms with E-state index in [2.05, 4.69) is 0 Å². The smallest absolute Gasteiger partial charge is 0.166 e. The van der Waals surface area contributed by atoms with Gasteiger partial charge < -0.3 is 0 Å². The third-order valence-corrected chi connectivity index (χ3v) is 3.62. The van der Waals surface area contributed by atoms with Gasteiger partial charge in [-0.2, -0.15) is 0 Å². The Hall–Kier alpha value is -1.25. The van der Waals surface area contributed by atoms with Crippen molar-refractivity contribution in [3.05, 3.63) is 35.4 Å². The first-order chi connectivity index (χ1) is 8.66. The van der Waals surface area contributed by atoms with E-state index in [1.54, 1.807) is 0 Å². The van der Waals surface area contributed by atoms with Crippen LogP contribution in [-0.4, -0.2) is 5.78 Å². The first-order valence-electron chi connectivity index (χ1n) is 6.67. The Morgan fingerprint density at radius 2 is 1.39 bits per heavy atom. The van der Waals surface area contributed by atoms with E-state index < -0.39 is 11.6 Å². The maximum atomic E-state index is 13.1. The molecule has 1 saturated carbocycles. The third-order valence-electron chi connectivity index (χ3n) is 3.62. The average Bonchev–Trinajstić information content (AvgIpc) is 2.26. The highest BCUT2D eigenvalue weighted by Gasteiger charge is 2.21. The number of ketones is 1. The van der Waals surface area contributed by atoms with Crippen LogP contribution in [0.5, 0.6) is 0 Å². The molecule has 0 amide bonds. The fourth-order valence-electron chi connectivity index (χ4n) is 2.65. The summed E-state index contributed by atoms with van der Waals surface area (Å²) in [6.45, 7) is 0. The summed E-state index contributed by atoms with van der Waals surface area (Å²) < 4.78 is 26.2. The van der Waals surface area contributed by atoms with Crippen molar-refractivity contribution in [3.63, 3.8) is 0 Å². The molecule has 0 heterocycles. The van der Waals surface area contributed by atoms with Crippen LogP contribution in [0, 0.1) is 17.6 Å². The van der Waals surface area contributed by atoms with Crippen molar-refractivity contribution < 1.29 is 13.6 Å². The van der Waals surface area contributed by atoms with Crippen LogP contribution in [0.2, 0.25) is 0 Å². The molecule has 2 rings (SSSR count). The molecule has 0 aromatic heterocycles. The van der Waals surface area contributed by atoms with E-state index in [9.17, 15) is 13.6 Å². The van der Waals surface area contributed by atoms with Crippen LogP contribution in [0.4, 0.5) is 8.78 Å². The standard InChI is InChI=1S/C15H18F2O/c16-13-8-12(9-14(17)10-13)15(18)11-6-4-2-1-3-5-7-11/h8-11H,1-7H2. The Morgan fingerprint density at radius 3 is 1.94 bits per heavy atom. The molecule has 1 aromatic rings. The SMILES string of the molecule is O=C(c1cc(F)cc(F)c1)C1CCCCCCC1. The van der Waals surface area contributed by atoms with Crippen molar-refractivity contribution in [2.24, 2.45) is 5.92 Å². The largest absolute Gasteiger partial charge is 0.294 e. The van der Waals surface area contributed by atoms with E-state index in [1.165, 1.54) is 6.42 Å². The fraction of sp³-hybridized carbons (Fsp3) is 0.533. The molecule has 0 N–H and O–H groups in total. The van der Waals surface area contributed by atoms with Gasteiger partial charge in [-0.3, -0.25) is 4.79 Å². The van der Waals surface area contributed by atoms with Gasteiger partial charge in [-0.15, -0.1) is 0 Å². The number of hydrogen-bond donors (Lipinski definition) is 0. The Kier molecular flexibility index (Phi) is 4.45. The highest BCUT2D eigenvalue weighted by Crippen LogP contribution is 2.26. The second-order valence-electron chi connectivity index (χ2n) is 5.06.